The molecule has 0 heterocycles. The molecule has 8 nitrogen and oxygen atoms in total. The first kappa shape index (κ1) is 20.5. The summed E-state index contributed by atoms with van der Waals surface area (Å²) in [6, 6.07) is 9.13. The molecule has 0 bridgehead atoms. The molecule has 0 saturated heterocycles. The van der Waals surface area contributed by atoms with Crippen molar-refractivity contribution in [3.05, 3.63) is 64.0 Å². The summed E-state index contributed by atoms with van der Waals surface area (Å²) in [6.45, 7) is 3.78. The van der Waals surface area contributed by atoms with Gasteiger partial charge in [-0.1, -0.05) is 26.0 Å². The molecule has 0 radical (unpaired) electrons. The van der Waals surface area contributed by atoms with Gasteiger partial charge in [0.25, 0.3) is 5.69 Å². The highest BCUT2D eigenvalue weighted by Gasteiger charge is 2.27. The third-order valence-electron chi connectivity index (χ3n) is 3.75. The largest absolute Gasteiger partial charge is 0.277 e. The molecular formula is C17H19FN4O4S. The van der Waals surface area contributed by atoms with Crippen molar-refractivity contribution in [3.63, 3.8) is 0 Å². The van der Waals surface area contributed by atoms with Crippen molar-refractivity contribution in [2.75, 3.05) is 18.5 Å². The summed E-state index contributed by atoms with van der Waals surface area (Å²) >= 11 is 0. The van der Waals surface area contributed by atoms with E-state index in [4.69, 9.17) is 0 Å². The number of anilines is 1. The zero-order chi connectivity index (χ0) is 20.0. The number of benzene rings is 2. The van der Waals surface area contributed by atoms with E-state index in [0.717, 1.165) is 6.07 Å². The van der Waals surface area contributed by atoms with Gasteiger partial charge in [0, 0.05) is 25.2 Å². The minimum absolute atomic E-state index is 0.0835. The van der Waals surface area contributed by atoms with Gasteiger partial charge in [-0.25, -0.2) is 12.8 Å². The van der Waals surface area contributed by atoms with E-state index in [1.807, 2.05) is 0 Å². The molecule has 27 heavy (non-hydrogen) atoms. The average Bonchev–Trinajstić information content (AvgIpc) is 2.62. The molecule has 2 aromatic carbocycles. The predicted octanol–water partition coefficient (Wildman–Crippen LogP) is 3.21. The Balaban J connectivity index is 2.42. The standard InChI is InChI=1S/C17H19FN4O4S/c1-3-21(4-2)27(25,26)17-11-15(22(23)24)8-9-16(17)20-19-12-13-6-5-7-14(18)10-13/h5-12,20H,3-4H2,1-2H3. The van der Waals surface area contributed by atoms with Crippen molar-refractivity contribution >= 4 is 27.6 Å². The molecule has 0 unspecified atom stereocenters. The number of halogens is 1. The van der Waals surface area contributed by atoms with E-state index < -0.39 is 20.8 Å². The second-order valence-electron chi connectivity index (χ2n) is 5.45. The van der Waals surface area contributed by atoms with Crippen LogP contribution in [0.15, 0.2) is 52.5 Å². The Labute approximate surface area is 156 Å². The summed E-state index contributed by atoms with van der Waals surface area (Å²) in [6.07, 6.45) is 1.32. The quantitative estimate of drug-likeness (QED) is 0.420. The van der Waals surface area contributed by atoms with Crippen molar-refractivity contribution in [3.8, 4) is 0 Å². The molecule has 0 amide bonds. The van der Waals surface area contributed by atoms with Crippen LogP contribution >= 0.6 is 0 Å². The van der Waals surface area contributed by atoms with Gasteiger partial charge in [0.1, 0.15) is 10.7 Å². The second kappa shape index (κ2) is 8.69. The maximum atomic E-state index is 13.2. The van der Waals surface area contributed by atoms with E-state index in [9.17, 15) is 22.9 Å². The SMILES string of the molecule is CCN(CC)S(=O)(=O)c1cc([N+](=O)[O-])ccc1NN=Cc1cccc(F)c1. The third kappa shape index (κ3) is 4.86. The Morgan fingerprint density at radius 2 is 1.93 bits per heavy atom. The maximum absolute atomic E-state index is 13.2. The molecule has 2 aromatic rings. The minimum atomic E-state index is -3.96. The fourth-order valence-electron chi connectivity index (χ4n) is 2.40. The van der Waals surface area contributed by atoms with Crippen molar-refractivity contribution in [1.82, 2.24) is 4.31 Å². The molecule has 0 fully saturated rings. The molecule has 0 saturated carbocycles. The number of nitro groups is 1. The zero-order valence-electron chi connectivity index (χ0n) is 14.8. The fraction of sp³-hybridized carbons (Fsp3) is 0.235. The Bertz CT molecular complexity index is 959. The van der Waals surface area contributed by atoms with Crippen LogP contribution in [0.3, 0.4) is 0 Å². The van der Waals surface area contributed by atoms with Gasteiger partial charge in [-0.2, -0.15) is 9.41 Å². The van der Waals surface area contributed by atoms with E-state index in [-0.39, 0.29) is 29.4 Å². The topological polar surface area (TPSA) is 105 Å². The van der Waals surface area contributed by atoms with Gasteiger partial charge in [0.05, 0.1) is 16.8 Å². The smallest absolute Gasteiger partial charge is 0.270 e. The van der Waals surface area contributed by atoms with Gasteiger partial charge in [0.15, 0.2) is 0 Å². The van der Waals surface area contributed by atoms with Gasteiger partial charge in [-0.3, -0.25) is 15.5 Å². The van der Waals surface area contributed by atoms with E-state index in [1.165, 1.54) is 40.9 Å². The molecule has 0 aliphatic heterocycles. The summed E-state index contributed by atoms with van der Waals surface area (Å²) in [5.74, 6) is -0.431. The highest BCUT2D eigenvalue weighted by molar-refractivity contribution is 7.89. The Morgan fingerprint density at radius 1 is 1.22 bits per heavy atom. The van der Waals surface area contributed by atoms with E-state index in [0.29, 0.717) is 5.56 Å². The molecule has 0 atom stereocenters. The number of sulfonamides is 1. The summed E-state index contributed by atoms with van der Waals surface area (Å²) < 4.78 is 40.0. The summed E-state index contributed by atoms with van der Waals surface area (Å²) in [7, 11) is -3.96. The molecular weight excluding hydrogens is 375 g/mol. The number of rotatable bonds is 8. The molecule has 144 valence electrons. The third-order valence-corrected chi connectivity index (χ3v) is 5.84. The van der Waals surface area contributed by atoms with Crippen LogP contribution in [0.1, 0.15) is 19.4 Å². The van der Waals surface area contributed by atoms with Crippen molar-refractivity contribution < 1.29 is 17.7 Å². The number of nitrogens with zero attached hydrogens (tertiary/aromatic N) is 3. The van der Waals surface area contributed by atoms with Gasteiger partial charge >= 0.3 is 0 Å². The monoisotopic (exact) mass is 394 g/mol. The van der Waals surface area contributed by atoms with Gasteiger partial charge in [0.2, 0.25) is 10.0 Å². The number of nitro benzene ring substituents is 1. The fourth-order valence-corrected chi connectivity index (χ4v) is 4.02. The van der Waals surface area contributed by atoms with Crippen LogP contribution in [0.2, 0.25) is 0 Å². The van der Waals surface area contributed by atoms with E-state index >= 15 is 0 Å². The summed E-state index contributed by atoms with van der Waals surface area (Å²) in [5, 5.41) is 15.0. The van der Waals surface area contributed by atoms with Crippen LogP contribution < -0.4 is 5.43 Å². The highest BCUT2D eigenvalue weighted by atomic mass is 32.2. The van der Waals surface area contributed by atoms with Gasteiger partial charge in [-0.15, -0.1) is 0 Å². The lowest BCUT2D eigenvalue weighted by Gasteiger charge is -2.20. The van der Waals surface area contributed by atoms with Crippen LogP contribution in [0.4, 0.5) is 15.8 Å². The molecule has 1 N–H and O–H groups in total. The average molecular weight is 394 g/mol. The first-order valence-corrected chi connectivity index (χ1v) is 9.56. The lowest BCUT2D eigenvalue weighted by molar-refractivity contribution is -0.385. The first-order valence-electron chi connectivity index (χ1n) is 8.12. The molecule has 2 rings (SSSR count). The highest BCUT2D eigenvalue weighted by Crippen LogP contribution is 2.29. The van der Waals surface area contributed by atoms with Crippen LogP contribution in [0.25, 0.3) is 0 Å². The first-order chi connectivity index (χ1) is 12.8. The number of hydrogen-bond donors (Lipinski definition) is 1. The molecule has 0 aliphatic rings. The second-order valence-corrected chi connectivity index (χ2v) is 7.36. The van der Waals surface area contributed by atoms with Crippen molar-refractivity contribution in [2.45, 2.75) is 18.7 Å². The number of hydrogen-bond acceptors (Lipinski definition) is 6. The molecule has 0 aliphatic carbocycles. The zero-order valence-corrected chi connectivity index (χ0v) is 15.6. The van der Waals surface area contributed by atoms with E-state index in [2.05, 4.69) is 10.5 Å². The van der Waals surface area contributed by atoms with Gasteiger partial charge in [-0.05, 0) is 23.8 Å². The van der Waals surface area contributed by atoms with E-state index in [1.54, 1.807) is 19.9 Å². The number of hydrazone groups is 1. The van der Waals surface area contributed by atoms with Crippen LogP contribution in [0, 0.1) is 15.9 Å². The normalized spacial score (nSPS) is 11.9. The predicted molar refractivity (Wildman–Crippen MR) is 101 cm³/mol. The van der Waals surface area contributed by atoms with Crippen LogP contribution in [-0.4, -0.2) is 37.0 Å². The van der Waals surface area contributed by atoms with Crippen LogP contribution in [-0.2, 0) is 10.0 Å². The minimum Gasteiger partial charge on any atom is -0.277 e. The lowest BCUT2D eigenvalue weighted by atomic mass is 10.2. The summed E-state index contributed by atoms with van der Waals surface area (Å²) in [4.78, 5) is 10.1. The Morgan fingerprint density at radius 3 is 2.52 bits per heavy atom. The lowest BCUT2D eigenvalue weighted by Crippen LogP contribution is -2.31. The summed E-state index contributed by atoms with van der Waals surface area (Å²) in [5.41, 5.74) is 2.78. The molecule has 10 heteroatoms. The number of nitrogens with one attached hydrogen (secondary N) is 1. The molecule has 0 aromatic heterocycles. The molecule has 0 spiro atoms. The number of non-ortho nitro benzene ring substituents is 1. The van der Waals surface area contributed by atoms with Crippen molar-refractivity contribution in [1.29, 1.82) is 0 Å². The van der Waals surface area contributed by atoms with Crippen LogP contribution in [0.5, 0.6) is 0 Å². The van der Waals surface area contributed by atoms with Gasteiger partial charge < -0.3 is 0 Å². The van der Waals surface area contributed by atoms with Crippen molar-refractivity contribution in [2.24, 2.45) is 5.10 Å². The Kier molecular flexibility index (Phi) is 6.59. The maximum Gasteiger partial charge on any atom is 0.270 e. The Hall–Kier alpha value is -2.85.